The van der Waals surface area contributed by atoms with E-state index < -0.39 is 15.9 Å². The molecule has 1 heterocycles. The van der Waals surface area contributed by atoms with Gasteiger partial charge in [0.25, 0.3) is 15.9 Å². The highest BCUT2D eigenvalue weighted by Gasteiger charge is 2.16. The highest BCUT2D eigenvalue weighted by molar-refractivity contribution is 9.10. The molecule has 3 aromatic rings. The van der Waals surface area contributed by atoms with Crippen LogP contribution < -0.4 is 14.8 Å². The lowest BCUT2D eigenvalue weighted by atomic mass is 10.3. The van der Waals surface area contributed by atoms with Crippen LogP contribution in [0.15, 0.2) is 70.4 Å². The number of carbonyl (C=O) groups excluding carboxylic acids is 1. The van der Waals surface area contributed by atoms with Crippen LogP contribution in [-0.2, 0) is 10.0 Å². The van der Waals surface area contributed by atoms with Crippen molar-refractivity contribution in [2.75, 3.05) is 17.1 Å². The van der Waals surface area contributed by atoms with Crippen LogP contribution in [0, 0.1) is 0 Å². The number of halogens is 1. The third kappa shape index (κ3) is 4.65. The van der Waals surface area contributed by atoms with Crippen LogP contribution in [-0.4, -0.2) is 31.4 Å². The fourth-order valence-electron chi connectivity index (χ4n) is 2.30. The lowest BCUT2D eigenvalue weighted by Gasteiger charge is -2.11. The predicted octanol–water partition coefficient (Wildman–Crippen LogP) is 3.30. The van der Waals surface area contributed by atoms with Crippen molar-refractivity contribution in [3.8, 4) is 5.75 Å². The zero-order valence-electron chi connectivity index (χ0n) is 14.6. The summed E-state index contributed by atoms with van der Waals surface area (Å²) in [6, 6.07) is 10.7. The summed E-state index contributed by atoms with van der Waals surface area (Å²) in [5.74, 6) is 0.0892. The number of rotatable bonds is 6. The highest BCUT2D eigenvalue weighted by atomic mass is 79.9. The third-order valence-electron chi connectivity index (χ3n) is 3.60. The summed E-state index contributed by atoms with van der Waals surface area (Å²) in [5, 5.41) is 2.60. The van der Waals surface area contributed by atoms with E-state index in [0.717, 1.165) is 0 Å². The SMILES string of the molecule is COc1ccc(NS(=O)(=O)c2cccc(NC(=O)c3cnccn3)c2)cc1Br. The number of ether oxygens (including phenoxy) is 1. The molecule has 0 aliphatic carbocycles. The normalized spacial score (nSPS) is 10.9. The molecular formula is C18H15BrN4O4S. The van der Waals surface area contributed by atoms with E-state index >= 15 is 0 Å². The molecule has 0 unspecified atom stereocenters. The maximum atomic E-state index is 12.7. The second-order valence-corrected chi connectivity index (χ2v) is 8.06. The fourth-order valence-corrected chi connectivity index (χ4v) is 3.93. The monoisotopic (exact) mass is 462 g/mol. The zero-order chi connectivity index (χ0) is 20.1. The van der Waals surface area contributed by atoms with E-state index in [1.165, 1.54) is 43.9 Å². The van der Waals surface area contributed by atoms with Gasteiger partial charge in [0.2, 0.25) is 0 Å². The number of aromatic nitrogens is 2. The van der Waals surface area contributed by atoms with E-state index in [1.54, 1.807) is 24.3 Å². The van der Waals surface area contributed by atoms with Gasteiger partial charge in [-0.05, 0) is 52.3 Å². The highest BCUT2D eigenvalue weighted by Crippen LogP contribution is 2.29. The topological polar surface area (TPSA) is 110 Å². The van der Waals surface area contributed by atoms with Gasteiger partial charge in [0.1, 0.15) is 11.4 Å². The Morgan fingerprint density at radius 2 is 1.93 bits per heavy atom. The first-order valence-corrected chi connectivity index (χ1v) is 10.2. The molecule has 0 bridgehead atoms. The van der Waals surface area contributed by atoms with Crippen molar-refractivity contribution in [3.05, 3.63) is 71.2 Å². The van der Waals surface area contributed by atoms with Gasteiger partial charge in [-0.15, -0.1) is 0 Å². The van der Waals surface area contributed by atoms with Gasteiger partial charge in [0.15, 0.2) is 0 Å². The predicted molar refractivity (Wildman–Crippen MR) is 108 cm³/mol. The van der Waals surface area contributed by atoms with Gasteiger partial charge < -0.3 is 10.1 Å². The number of nitrogens with zero attached hydrogens (tertiary/aromatic N) is 2. The Labute approximate surface area is 170 Å². The summed E-state index contributed by atoms with van der Waals surface area (Å²) in [4.78, 5) is 19.9. The van der Waals surface area contributed by atoms with E-state index in [2.05, 4.69) is 35.9 Å². The summed E-state index contributed by atoms with van der Waals surface area (Å²) < 4.78 is 33.6. The molecule has 0 atom stereocenters. The van der Waals surface area contributed by atoms with Crippen LogP contribution in [0.2, 0.25) is 0 Å². The first kappa shape index (κ1) is 19.8. The van der Waals surface area contributed by atoms with Gasteiger partial charge in [-0.2, -0.15) is 0 Å². The molecule has 28 heavy (non-hydrogen) atoms. The fraction of sp³-hybridized carbons (Fsp3) is 0.0556. The van der Waals surface area contributed by atoms with Crippen LogP contribution in [0.25, 0.3) is 0 Å². The largest absolute Gasteiger partial charge is 0.496 e. The maximum Gasteiger partial charge on any atom is 0.275 e. The van der Waals surface area contributed by atoms with E-state index in [4.69, 9.17) is 4.74 Å². The number of anilines is 2. The molecule has 0 fully saturated rings. The molecule has 1 aromatic heterocycles. The standard InChI is InChI=1S/C18H15BrN4O4S/c1-27-17-6-5-13(10-15(17)19)23-28(25,26)14-4-2-3-12(9-14)22-18(24)16-11-20-7-8-21-16/h2-11,23H,1H3,(H,22,24). The number of carbonyl (C=O) groups is 1. The number of methoxy groups -OCH3 is 1. The molecule has 1 amide bonds. The molecule has 0 aliphatic rings. The molecule has 10 heteroatoms. The molecule has 2 aromatic carbocycles. The van der Waals surface area contributed by atoms with Crippen LogP contribution in [0.3, 0.4) is 0 Å². The molecule has 8 nitrogen and oxygen atoms in total. The average Bonchev–Trinajstić information content (AvgIpc) is 2.69. The van der Waals surface area contributed by atoms with Gasteiger partial charge >= 0.3 is 0 Å². The lowest BCUT2D eigenvalue weighted by Crippen LogP contribution is -2.16. The summed E-state index contributed by atoms with van der Waals surface area (Å²) in [6.07, 6.45) is 4.17. The first-order chi connectivity index (χ1) is 13.4. The summed E-state index contributed by atoms with van der Waals surface area (Å²) in [6.45, 7) is 0. The molecule has 0 spiro atoms. The summed E-state index contributed by atoms with van der Waals surface area (Å²) >= 11 is 3.31. The Hall–Kier alpha value is -2.98. The van der Waals surface area contributed by atoms with Crippen LogP contribution in [0.1, 0.15) is 10.5 Å². The van der Waals surface area contributed by atoms with Crippen molar-refractivity contribution in [2.24, 2.45) is 0 Å². The minimum absolute atomic E-state index is 0.00335. The van der Waals surface area contributed by atoms with E-state index in [1.807, 2.05) is 0 Å². The number of amides is 1. The van der Waals surface area contributed by atoms with Gasteiger partial charge in [0, 0.05) is 18.1 Å². The van der Waals surface area contributed by atoms with E-state index in [0.29, 0.717) is 21.6 Å². The second kappa shape index (κ2) is 8.36. The van der Waals surface area contributed by atoms with Gasteiger partial charge in [0.05, 0.1) is 28.4 Å². The van der Waals surface area contributed by atoms with Gasteiger partial charge in [-0.25, -0.2) is 13.4 Å². The second-order valence-electron chi connectivity index (χ2n) is 5.53. The number of benzene rings is 2. The number of hydrogen-bond acceptors (Lipinski definition) is 6. The van der Waals surface area contributed by atoms with Crippen molar-refractivity contribution in [1.29, 1.82) is 0 Å². The average molecular weight is 463 g/mol. The van der Waals surface area contributed by atoms with Crippen molar-refractivity contribution in [2.45, 2.75) is 4.90 Å². The first-order valence-electron chi connectivity index (χ1n) is 7.93. The molecule has 0 radical (unpaired) electrons. The quantitative estimate of drug-likeness (QED) is 0.581. The Kier molecular flexibility index (Phi) is 5.90. The van der Waals surface area contributed by atoms with Gasteiger partial charge in [-0.3, -0.25) is 14.5 Å². The molecule has 0 aliphatic heterocycles. The lowest BCUT2D eigenvalue weighted by molar-refractivity contribution is 0.102. The Morgan fingerprint density at radius 1 is 1.11 bits per heavy atom. The molecule has 2 N–H and O–H groups in total. The van der Waals surface area contributed by atoms with E-state index in [9.17, 15) is 13.2 Å². The minimum atomic E-state index is -3.86. The van der Waals surface area contributed by atoms with Crippen LogP contribution in [0.4, 0.5) is 11.4 Å². The van der Waals surface area contributed by atoms with Crippen LogP contribution in [0.5, 0.6) is 5.75 Å². The Bertz CT molecular complexity index is 1110. The van der Waals surface area contributed by atoms with Crippen molar-refractivity contribution >= 4 is 43.2 Å². The zero-order valence-corrected chi connectivity index (χ0v) is 17.0. The maximum absolute atomic E-state index is 12.7. The third-order valence-corrected chi connectivity index (χ3v) is 5.60. The molecule has 144 valence electrons. The minimum Gasteiger partial charge on any atom is -0.496 e. The van der Waals surface area contributed by atoms with Crippen molar-refractivity contribution < 1.29 is 17.9 Å². The number of hydrogen-bond donors (Lipinski definition) is 2. The van der Waals surface area contributed by atoms with Crippen LogP contribution >= 0.6 is 15.9 Å². The number of sulfonamides is 1. The van der Waals surface area contributed by atoms with Crippen molar-refractivity contribution in [1.82, 2.24) is 9.97 Å². The van der Waals surface area contributed by atoms with Crippen molar-refractivity contribution in [3.63, 3.8) is 0 Å². The van der Waals surface area contributed by atoms with E-state index in [-0.39, 0.29) is 10.6 Å². The Balaban J connectivity index is 1.80. The molecular weight excluding hydrogens is 448 g/mol. The number of nitrogens with one attached hydrogen (secondary N) is 2. The summed E-state index contributed by atoms with van der Waals surface area (Å²) in [5.41, 5.74) is 0.799. The molecule has 0 saturated heterocycles. The molecule has 0 saturated carbocycles. The smallest absolute Gasteiger partial charge is 0.275 e. The Morgan fingerprint density at radius 3 is 2.61 bits per heavy atom. The van der Waals surface area contributed by atoms with Gasteiger partial charge in [-0.1, -0.05) is 6.07 Å². The summed E-state index contributed by atoms with van der Waals surface area (Å²) in [7, 11) is -2.34. The molecule has 3 rings (SSSR count).